The van der Waals surface area contributed by atoms with Crippen molar-refractivity contribution in [2.45, 2.75) is 65.2 Å². The molecule has 0 unspecified atom stereocenters. The number of hydrogen-bond acceptors (Lipinski definition) is 7. The molecule has 0 saturated carbocycles. The van der Waals surface area contributed by atoms with E-state index in [0.717, 1.165) is 16.7 Å². The second-order valence-electron chi connectivity index (χ2n) is 9.75. The van der Waals surface area contributed by atoms with Gasteiger partial charge in [-0.25, -0.2) is 0 Å². The van der Waals surface area contributed by atoms with Crippen molar-refractivity contribution in [3.8, 4) is 5.75 Å². The lowest BCUT2D eigenvalue weighted by Crippen LogP contribution is -2.37. The van der Waals surface area contributed by atoms with E-state index in [1.54, 1.807) is 0 Å². The molecule has 0 aliphatic rings. The van der Waals surface area contributed by atoms with Gasteiger partial charge in [0, 0.05) is 6.42 Å². The number of phenols is 1. The molecular formula is C22H40O7Si. The predicted molar refractivity (Wildman–Crippen MR) is 121 cm³/mol. The van der Waals surface area contributed by atoms with Crippen LogP contribution >= 0.6 is 0 Å². The lowest BCUT2D eigenvalue weighted by atomic mass is 9.78. The van der Waals surface area contributed by atoms with Crippen molar-refractivity contribution in [2.75, 3.05) is 26.4 Å². The molecule has 8 heteroatoms. The van der Waals surface area contributed by atoms with Crippen LogP contribution in [0.2, 0.25) is 0 Å². The van der Waals surface area contributed by atoms with Gasteiger partial charge in [-0.3, -0.25) is 4.79 Å². The Morgan fingerprint density at radius 3 is 1.47 bits per heavy atom. The second kappa shape index (κ2) is 11.8. The lowest BCUT2D eigenvalue weighted by molar-refractivity contribution is -0.133. The number of aryl methyl sites for hydroxylation is 1. The maximum absolute atomic E-state index is 11.4. The van der Waals surface area contributed by atoms with Crippen molar-refractivity contribution in [1.29, 1.82) is 0 Å². The molecule has 0 fully saturated rings. The average Bonchev–Trinajstić information content (AvgIpc) is 2.67. The molecule has 1 aromatic rings. The first-order valence-corrected chi connectivity index (χ1v) is 10.9. The van der Waals surface area contributed by atoms with Crippen LogP contribution in [0, 0.1) is 5.41 Å². The fourth-order valence-electron chi connectivity index (χ4n) is 2.63. The van der Waals surface area contributed by atoms with Crippen LogP contribution in [-0.4, -0.2) is 68.4 Å². The standard InChI is InChI=1S/C17H28O3Si.C5H12O4/c1-16(2,3)12-9-11(7-8-14(18)20-21)10-13(15(12)19)17(4,5)6;6-1-5(2-7,3-8)4-9/h9-10,19H,7-8H2,1-6,21H3;6-9H,1-4H2. The Labute approximate surface area is 183 Å². The van der Waals surface area contributed by atoms with Gasteiger partial charge in [-0.2, -0.15) is 0 Å². The van der Waals surface area contributed by atoms with Crippen LogP contribution in [0.5, 0.6) is 5.75 Å². The van der Waals surface area contributed by atoms with Crippen molar-refractivity contribution < 1.29 is 34.8 Å². The minimum Gasteiger partial charge on any atom is -0.529 e. The highest BCUT2D eigenvalue weighted by Crippen LogP contribution is 2.39. The van der Waals surface area contributed by atoms with Crippen LogP contribution in [0.4, 0.5) is 0 Å². The van der Waals surface area contributed by atoms with E-state index in [9.17, 15) is 9.90 Å². The molecule has 0 aliphatic heterocycles. The van der Waals surface area contributed by atoms with Crippen LogP contribution < -0.4 is 0 Å². The van der Waals surface area contributed by atoms with Crippen molar-refractivity contribution in [1.82, 2.24) is 0 Å². The van der Waals surface area contributed by atoms with Gasteiger partial charge >= 0.3 is 0 Å². The van der Waals surface area contributed by atoms with Gasteiger partial charge in [0.05, 0.1) is 31.8 Å². The Kier molecular flexibility index (Phi) is 11.2. The minimum atomic E-state index is -1.11. The van der Waals surface area contributed by atoms with Crippen LogP contribution in [0.25, 0.3) is 0 Å². The van der Waals surface area contributed by atoms with Gasteiger partial charge in [-0.1, -0.05) is 53.7 Å². The average molecular weight is 445 g/mol. The number of benzene rings is 1. The van der Waals surface area contributed by atoms with E-state index < -0.39 is 31.8 Å². The molecule has 0 atom stereocenters. The summed E-state index contributed by atoms with van der Waals surface area (Å²) in [6.45, 7) is 10.9. The summed E-state index contributed by atoms with van der Waals surface area (Å²) in [5.74, 6) is 0.230. The maximum atomic E-state index is 11.4. The number of aliphatic hydroxyl groups excluding tert-OH is 4. The Morgan fingerprint density at radius 2 is 1.23 bits per heavy atom. The number of phenolic OH excluding ortho intramolecular Hbond substituents is 1. The van der Waals surface area contributed by atoms with Gasteiger partial charge in [0.15, 0.2) is 0 Å². The number of carbonyl (C=O) groups excluding carboxylic acids is 1. The summed E-state index contributed by atoms with van der Waals surface area (Å²) >= 11 is 0. The predicted octanol–water partition coefficient (Wildman–Crippen LogP) is 0.685. The number of aromatic hydroxyl groups is 1. The molecule has 0 aromatic heterocycles. The summed E-state index contributed by atoms with van der Waals surface area (Å²) < 4.78 is 4.84. The Morgan fingerprint density at radius 1 is 0.867 bits per heavy atom. The topological polar surface area (TPSA) is 127 Å². The maximum Gasteiger partial charge on any atom is 0.292 e. The monoisotopic (exact) mass is 444 g/mol. The molecule has 7 nitrogen and oxygen atoms in total. The third-order valence-corrected chi connectivity index (χ3v) is 5.43. The minimum absolute atomic E-state index is 0.141. The van der Waals surface area contributed by atoms with Crippen molar-refractivity contribution in [2.24, 2.45) is 5.41 Å². The highest BCUT2D eigenvalue weighted by molar-refractivity contribution is 6.05. The Bertz CT molecular complexity index is 619. The van der Waals surface area contributed by atoms with Crippen LogP contribution in [0.15, 0.2) is 12.1 Å². The summed E-state index contributed by atoms with van der Waals surface area (Å²) in [6.07, 6.45) is 1.04. The van der Waals surface area contributed by atoms with E-state index in [1.807, 2.05) is 12.1 Å². The summed E-state index contributed by atoms with van der Waals surface area (Å²) in [5.41, 5.74) is 1.55. The number of aliphatic hydroxyl groups is 4. The number of rotatable bonds is 7. The van der Waals surface area contributed by atoms with Crippen LogP contribution in [-0.2, 0) is 26.5 Å². The van der Waals surface area contributed by atoms with E-state index in [4.69, 9.17) is 24.9 Å². The highest BCUT2D eigenvalue weighted by Gasteiger charge is 2.27. The SMILES string of the molecule is CC(C)(C)c1cc(CCC(=O)O[SiH3])cc(C(C)(C)C)c1O.OCC(CO)(CO)CO. The molecule has 0 saturated heterocycles. The molecule has 0 amide bonds. The molecule has 0 spiro atoms. The molecule has 1 rings (SSSR count). The lowest BCUT2D eigenvalue weighted by Gasteiger charge is -2.28. The van der Waals surface area contributed by atoms with Crippen molar-refractivity contribution in [3.63, 3.8) is 0 Å². The number of carbonyl (C=O) groups is 1. The van der Waals surface area contributed by atoms with E-state index >= 15 is 0 Å². The molecule has 0 radical (unpaired) electrons. The fraction of sp³-hybridized carbons (Fsp3) is 0.682. The molecular weight excluding hydrogens is 404 g/mol. The molecule has 0 bridgehead atoms. The van der Waals surface area contributed by atoms with Crippen molar-refractivity contribution >= 4 is 16.5 Å². The third kappa shape index (κ3) is 8.35. The third-order valence-electron chi connectivity index (χ3n) is 4.97. The van der Waals surface area contributed by atoms with E-state index in [1.165, 1.54) is 0 Å². The highest BCUT2D eigenvalue weighted by atomic mass is 28.2. The number of hydrogen-bond donors (Lipinski definition) is 5. The van der Waals surface area contributed by atoms with E-state index in [0.29, 0.717) is 29.1 Å². The van der Waals surface area contributed by atoms with Gasteiger partial charge in [0.25, 0.3) is 5.97 Å². The molecule has 30 heavy (non-hydrogen) atoms. The molecule has 0 heterocycles. The van der Waals surface area contributed by atoms with E-state index in [-0.39, 0.29) is 16.8 Å². The zero-order valence-corrected chi connectivity index (χ0v) is 21.4. The summed E-state index contributed by atoms with van der Waals surface area (Å²) in [4.78, 5) is 11.4. The molecule has 174 valence electrons. The van der Waals surface area contributed by atoms with Crippen LogP contribution in [0.3, 0.4) is 0 Å². The quantitative estimate of drug-likeness (QED) is 0.391. The summed E-state index contributed by atoms with van der Waals surface area (Å²) in [6, 6.07) is 4.04. The smallest absolute Gasteiger partial charge is 0.292 e. The van der Waals surface area contributed by atoms with E-state index in [2.05, 4.69) is 41.5 Å². The zero-order valence-electron chi connectivity index (χ0n) is 19.4. The first kappa shape index (κ1) is 28.5. The van der Waals surface area contributed by atoms with Crippen molar-refractivity contribution in [3.05, 3.63) is 28.8 Å². The first-order chi connectivity index (χ1) is 13.7. The van der Waals surface area contributed by atoms with Gasteiger partial charge in [-0.15, -0.1) is 0 Å². The van der Waals surface area contributed by atoms with Gasteiger partial charge in [0.1, 0.15) is 5.75 Å². The summed E-state index contributed by atoms with van der Waals surface area (Å²) in [7, 11) is 0.440. The summed E-state index contributed by atoms with van der Waals surface area (Å²) in [5, 5.41) is 44.6. The first-order valence-electron chi connectivity index (χ1n) is 10.1. The largest absolute Gasteiger partial charge is 0.529 e. The van der Waals surface area contributed by atoms with Gasteiger partial charge in [0.2, 0.25) is 10.5 Å². The normalized spacial score (nSPS) is 12.3. The van der Waals surface area contributed by atoms with Gasteiger partial charge < -0.3 is 30.0 Å². The fourth-order valence-corrected chi connectivity index (χ4v) is 2.83. The molecule has 1 aromatic carbocycles. The zero-order chi connectivity index (χ0) is 23.8. The molecule has 0 aliphatic carbocycles. The Hall–Kier alpha value is -1.45. The van der Waals surface area contributed by atoms with Crippen LogP contribution in [0.1, 0.15) is 64.7 Å². The second-order valence-corrected chi connectivity index (χ2v) is 10.2. The Balaban J connectivity index is 0.000000787. The molecule has 5 N–H and O–H groups in total. The van der Waals surface area contributed by atoms with Gasteiger partial charge in [-0.05, 0) is 33.9 Å².